The Balaban J connectivity index is 1.89. The molecule has 2 aromatic rings. The van der Waals surface area contributed by atoms with Crippen molar-refractivity contribution in [3.05, 3.63) is 65.7 Å². The summed E-state index contributed by atoms with van der Waals surface area (Å²) in [5.41, 5.74) is 1.80. The van der Waals surface area contributed by atoms with Crippen LogP contribution < -0.4 is 5.32 Å². The van der Waals surface area contributed by atoms with Crippen LogP contribution in [0.25, 0.3) is 0 Å². The molecule has 23 heavy (non-hydrogen) atoms. The van der Waals surface area contributed by atoms with Gasteiger partial charge in [0.05, 0.1) is 11.3 Å². The zero-order valence-corrected chi connectivity index (χ0v) is 13.5. The summed E-state index contributed by atoms with van der Waals surface area (Å²) in [6.45, 7) is 1.93. The highest BCUT2D eigenvalue weighted by Gasteiger charge is 2.09. The molecule has 0 aliphatic carbocycles. The summed E-state index contributed by atoms with van der Waals surface area (Å²) < 4.78 is 32.6. The van der Waals surface area contributed by atoms with E-state index in [0.29, 0.717) is 5.56 Å². The van der Waals surface area contributed by atoms with E-state index in [0.717, 1.165) is 12.0 Å². The van der Waals surface area contributed by atoms with E-state index in [9.17, 15) is 17.8 Å². The summed E-state index contributed by atoms with van der Waals surface area (Å²) in [5, 5.41) is 2.90. The van der Waals surface area contributed by atoms with Crippen molar-refractivity contribution in [1.82, 2.24) is 5.32 Å². The van der Waals surface area contributed by atoms with Gasteiger partial charge in [-0.1, -0.05) is 42.5 Å². The molecule has 0 fully saturated rings. The molecule has 1 unspecified atom stereocenters. The number of amides is 1. The number of nitrogens with one attached hydrogen (secondary N) is 1. The van der Waals surface area contributed by atoms with E-state index in [1.807, 2.05) is 37.3 Å². The van der Waals surface area contributed by atoms with Gasteiger partial charge >= 0.3 is 0 Å². The molecule has 1 atom stereocenters. The summed E-state index contributed by atoms with van der Waals surface area (Å²) in [7, 11) is -4.45. The second kappa shape index (κ2) is 7.39. The molecular formula is C17H18NO4S-. The van der Waals surface area contributed by atoms with Crippen LogP contribution >= 0.6 is 0 Å². The molecule has 0 saturated heterocycles. The van der Waals surface area contributed by atoms with E-state index in [1.54, 1.807) is 0 Å². The first-order valence-corrected chi connectivity index (χ1v) is 8.63. The van der Waals surface area contributed by atoms with Gasteiger partial charge in [0.2, 0.25) is 5.91 Å². The summed E-state index contributed by atoms with van der Waals surface area (Å²) >= 11 is 0. The van der Waals surface area contributed by atoms with Crippen LogP contribution in [0.15, 0.2) is 59.5 Å². The molecular weight excluding hydrogens is 314 g/mol. The fourth-order valence-corrected chi connectivity index (χ4v) is 2.77. The first-order chi connectivity index (χ1) is 10.8. The van der Waals surface area contributed by atoms with Crippen molar-refractivity contribution in [3.63, 3.8) is 0 Å². The van der Waals surface area contributed by atoms with E-state index in [2.05, 4.69) is 5.32 Å². The van der Waals surface area contributed by atoms with E-state index in [-0.39, 0.29) is 23.3 Å². The molecule has 0 heterocycles. The molecule has 0 saturated carbocycles. The Hall–Kier alpha value is -2.18. The molecule has 0 spiro atoms. The predicted octanol–water partition coefficient (Wildman–Crippen LogP) is 1.88. The number of hydrogen-bond acceptors (Lipinski definition) is 4. The molecule has 122 valence electrons. The van der Waals surface area contributed by atoms with E-state index < -0.39 is 10.1 Å². The van der Waals surface area contributed by atoms with Gasteiger partial charge in [0.1, 0.15) is 10.1 Å². The lowest BCUT2D eigenvalue weighted by molar-refractivity contribution is -0.121. The van der Waals surface area contributed by atoms with Crippen LogP contribution in [-0.2, 0) is 27.8 Å². The summed E-state index contributed by atoms with van der Waals surface area (Å²) in [6.07, 6.45) is 0.873. The Morgan fingerprint density at radius 1 is 1.04 bits per heavy atom. The molecule has 0 aliphatic rings. The Kier molecular flexibility index (Phi) is 5.52. The normalized spacial score (nSPS) is 12.6. The average molecular weight is 332 g/mol. The monoisotopic (exact) mass is 332 g/mol. The quantitative estimate of drug-likeness (QED) is 0.818. The Morgan fingerprint density at radius 2 is 1.65 bits per heavy atom. The summed E-state index contributed by atoms with van der Waals surface area (Å²) in [6, 6.07) is 15.2. The Bertz CT molecular complexity index is 755. The second-order valence-corrected chi connectivity index (χ2v) is 6.81. The van der Waals surface area contributed by atoms with Crippen LogP contribution in [0.5, 0.6) is 0 Å². The van der Waals surface area contributed by atoms with Crippen molar-refractivity contribution >= 4 is 16.0 Å². The highest BCUT2D eigenvalue weighted by atomic mass is 32.2. The van der Waals surface area contributed by atoms with Crippen LogP contribution in [0.2, 0.25) is 0 Å². The van der Waals surface area contributed by atoms with Crippen molar-refractivity contribution in [2.24, 2.45) is 0 Å². The van der Waals surface area contributed by atoms with Crippen LogP contribution in [0.4, 0.5) is 0 Å². The third kappa shape index (κ3) is 5.50. The molecule has 2 rings (SSSR count). The maximum absolute atomic E-state index is 12.0. The predicted molar refractivity (Wildman–Crippen MR) is 85.9 cm³/mol. The molecule has 6 heteroatoms. The van der Waals surface area contributed by atoms with Crippen molar-refractivity contribution in [1.29, 1.82) is 0 Å². The van der Waals surface area contributed by atoms with E-state index in [4.69, 9.17) is 0 Å². The fourth-order valence-electron chi connectivity index (χ4n) is 2.30. The zero-order valence-electron chi connectivity index (χ0n) is 12.7. The number of carbonyl (C=O) groups is 1. The van der Waals surface area contributed by atoms with Gasteiger partial charge in [-0.15, -0.1) is 0 Å². The molecule has 1 N–H and O–H groups in total. The minimum absolute atomic E-state index is 0.00815. The van der Waals surface area contributed by atoms with Gasteiger partial charge in [0.15, 0.2) is 0 Å². The first kappa shape index (κ1) is 17.2. The highest BCUT2D eigenvalue weighted by Crippen LogP contribution is 2.10. The third-order valence-corrected chi connectivity index (χ3v) is 4.22. The molecule has 0 aliphatic heterocycles. The molecule has 0 radical (unpaired) electrons. The molecule has 1 amide bonds. The van der Waals surface area contributed by atoms with E-state index in [1.165, 1.54) is 24.3 Å². The summed E-state index contributed by atoms with van der Waals surface area (Å²) in [5.74, 6) is -0.147. The van der Waals surface area contributed by atoms with E-state index >= 15 is 0 Å². The van der Waals surface area contributed by atoms with Crippen LogP contribution in [0, 0.1) is 0 Å². The minimum Gasteiger partial charge on any atom is -0.744 e. The smallest absolute Gasteiger partial charge is 0.224 e. The highest BCUT2D eigenvalue weighted by molar-refractivity contribution is 7.85. The molecule has 5 nitrogen and oxygen atoms in total. The minimum atomic E-state index is -4.45. The molecule has 0 aromatic heterocycles. The number of rotatable bonds is 6. The lowest BCUT2D eigenvalue weighted by atomic mass is 10.1. The fraction of sp³-hybridized carbons (Fsp3) is 0.235. The lowest BCUT2D eigenvalue weighted by Gasteiger charge is -2.14. The van der Waals surface area contributed by atoms with Gasteiger partial charge in [-0.25, -0.2) is 8.42 Å². The van der Waals surface area contributed by atoms with Crippen molar-refractivity contribution < 1.29 is 17.8 Å². The van der Waals surface area contributed by atoms with Gasteiger partial charge in [-0.05, 0) is 36.6 Å². The molecule has 2 aromatic carbocycles. The standard InChI is InChI=1S/C17H19NO4S/c1-13(11-14-5-3-2-4-6-14)18-17(19)12-15-7-9-16(10-8-15)23(20,21)22/h2-10,13H,11-12H2,1H3,(H,18,19)(H,20,21,22)/p-1. The summed E-state index contributed by atoms with van der Waals surface area (Å²) in [4.78, 5) is 11.7. The van der Waals surface area contributed by atoms with Crippen molar-refractivity contribution in [3.8, 4) is 0 Å². The largest absolute Gasteiger partial charge is 0.744 e. The van der Waals surface area contributed by atoms with Crippen LogP contribution in [0.3, 0.4) is 0 Å². The van der Waals surface area contributed by atoms with Gasteiger partial charge in [0.25, 0.3) is 0 Å². The molecule has 0 bridgehead atoms. The number of carbonyl (C=O) groups excluding carboxylic acids is 1. The maximum Gasteiger partial charge on any atom is 0.224 e. The van der Waals surface area contributed by atoms with Gasteiger partial charge in [-0.2, -0.15) is 0 Å². The van der Waals surface area contributed by atoms with Crippen LogP contribution in [-0.4, -0.2) is 24.9 Å². The zero-order chi connectivity index (χ0) is 16.9. The maximum atomic E-state index is 12.0. The van der Waals surface area contributed by atoms with Crippen LogP contribution in [0.1, 0.15) is 18.1 Å². The third-order valence-electron chi connectivity index (χ3n) is 3.37. The van der Waals surface area contributed by atoms with Crippen molar-refractivity contribution in [2.45, 2.75) is 30.7 Å². The average Bonchev–Trinajstić information content (AvgIpc) is 2.47. The van der Waals surface area contributed by atoms with Crippen molar-refractivity contribution in [2.75, 3.05) is 0 Å². The Labute approximate surface area is 136 Å². The number of hydrogen-bond donors (Lipinski definition) is 1. The first-order valence-electron chi connectivity index (χ1n) is 7.23. The number of benzene rings is 2. The lowest BCUT2D eigenvalue weighted by Crippen LogP contribution is -2.35. The van der Waals surface area contributed by atoms with Gasteiger partial charge in [-0.3, -0.25) is 4.79 Å². The Morgan fingerprint density at radius 3 is 2.22 bits per heavy atom. The van der Waals surface area contributed by atoms with Gasteiger partial charge < -0.3 is 9.87 Å². The second-order valence-electron chi connectivity index (χ2n) is 5.43. The topological polar surface area (TPSA) is 86.3 Å². The van der Waals surface area contributed by atoms with Gasteiger partial charge in [0, 0.05) is 6.04 Å². The SMILES string of the molecule is CC(Cc1ccccc1)NC(=O)Cc1ccc(S(=O)(=O)[O-])cc1.